The van der Waals surface area contributed by atoms with E-state index in [0.29, 0.717) is 12.0 Å². The zero-order chi connectivity index (χ0) is 15.5. The van der Waals surface area contributed by atoms with Gasteiger partial charge in [-0.05, 0) is 31.9 Å². The fraction of sp³-hybridized carbons (Fsp3) is 0.500. The number of hydrogen-bond donors (Lipinski definition) is 1. The Labute approximate surface area is 118 Å². The summed E-state index contributed by atoms with van der Waals surface area (Å²) in [6, 6.07) is 3.64. The molecule has 0 radical (unpaired) electrons. The first-order valence-corrected chi connectivity index (χ1v) is 7.49. The summed E-state index contributed by atoms with van der Waals surface area (Å²) in [5, 5.41) is 19.8. The van der Waals surface area contributed by atoms with E-state index in [1.54, 1.807) is 6.92 Å². The number of nitro benzene ring substituents is 1. The number of hydrogen-bond acceptors (Lipinski definition) is 5. The summed E-state index contributed by atoms with van der Waals surface area (Å²) < 4.78 is 25.8. The van der Waals surface area contributed by atoms with Crippen LogP contribution in [0, 0.1) is 17.0 Å². The monoisotopic (exact) mass is 302 g/mol. The van der Waals surface area contributed by atoms with Gasteiger partial charge in [-0.3, -0.25) is 10.1 Å². The summed E-state index contributed by atoms with van der Waals surface area (Å²) in [7, 11) is -2.29. The van der Waals surface area contributed by atoms with Gasteiger partial charge in [-0.15, -0.1) is 0 Å². The van der Waals surface area contributed by atoms with E-state index in [1.807, 2.05) is 0 Å². The van der Waals surface area contributed by atoms with E-state index in [4.69, 9.17) is 0 Å². The maximum Gasteiger partial charge on any atom is 0.269 e. The number of aryl methyl sites for hydroxylation is 1. The second kappa shape index (κ2) is 6.29. The number of aliphatic hydroxyl groups is 1. The minimum Gasteiger partial charge on any atom is -0.393 e. The number of nitrogens with zero attached hydrogens (tertiary/aromatic N) is 2. The van der Waals surface area contributed by atoms with Gasteiger partial charge in [0.05, 0.1) is 15.9 Å². The van der Waals surface area contributed by atoms with Crippen LogP contribution < -0.4 is 0 Å². The molecule has 0 aliphatic rings. The lowest BCUT2D eigenvalue weighted by molar-refractivity contribution is -0.385. The highest BCUT2D eigenvalue weighted by Gasteiger charge is 2.24. The molecule has 0 saturated carbocycles. The molecular weight excluding hydrogens is 284 g/mol. The molecule has 0 aliphatic heterocycles. The van der Waals surface area contributed by atoms with Gasteiger partial charge in [-0.2, -0.15) is 0 Å². The van der Waals surface area contributed by atoms with Crippen molar-refractivity contribution in [3.63, 3.8) is 0 Å². The number of nitro groups is 1. The Morgan fingerprint density at radius 1 is 1.45 bits per heavy atom. The molecule has 0 bridgehead atoms. The van der Waals surface area contributed by atoms with Crippen molar-refractivity contribution in [1.29, 1.82) is 0 Å². The Bertz CT molecular complexity index is 598. The normalized spacial score (nSPS) is 13.4. The summed E-state index contributed by atoms with van der Waals surface area (Å²) in [6.45, 7) is 3.27. The van der Waals surface area contributed by atoms with E-state index in [1.165, 1.54) is 32.2 Å². The van der Waals surface area contributed by atoms with Crippen LogP contribution in [0.1, 0.15) is 18.9 Å². The third-order valence-corrected chi connectivity index (χ3v) is 4.94. The molecule has 0 amide bonds. The molecule has 8 heteroatoms. The van der Waals surface area contributed by atoms with Crippen LogP contribution in [0.2, 0.25) is 0 Å². The minimum absolute atomic E-state index is 0.0381. The fourth-order valence-corrected chi connectivity index (χ4v) is 3.08. The first kappa shape index (κ1) is 16.5. The summed E-state index contributed by atoms with van der Waals surface area (Å²) >= 11 is 0. The average Bonchev–Trinajstić information content (AvgIpc) is 2.35. The van der Waals surface area contributed by atoms with Crippen molar-refractivity contribution in [3.8, 4) is 0 Å². The Balaban J connectivity index is 3.06. The van der Waals surface area contributed by atoms with Crippen molar-refractivity contribution in [1.82, 2.24) is 4.31 Å². The summed E-state index contributed by atoms with van der Waals surface area (Å²) in [5.41, 5.74) is 0.177. The molecule has 1 aromatic carbocycles. The lowest BCUT2D eigenvalue weighted by atomic mass is 10.2. The molecule has 7 nitrogen and oxygen atoms in total. The molecule has 0 saturated heterocycles. The van der Waals surface area contributed by atoms with Crippen LogP contribution in [-0.4, -0.2) is 42.4 Å². The molecule has 0 fully saturated rings. The molecule has 0 aromatic heterocycles. The first-order valence-electron chi connectivity index (χ1n) is 6.05. The second-order valence-electron chi connectivity index (χ2n) is 4.67. The van der Waals surface area contributed by atoms with Crippen LogP contribution in [-0.2, 0) is 10.0 Å². The lowest BCUT2D eigenvalue weighted by Crippen LogP contribution is -2.30. The van der Waals surface area contributed by atoms with Crippen LogP contribution in [0.4, 0.5) is 5.69 Å². The zero-order valence-electron chi connectivity index (χ0n) is 11.6. The average molecular weight is 302 g/mol. The fourth-order valence-electron chi connectivity index (χ4n) is 1.69. The highest BCUT2D eigenvalue weighted by Crippen LogP contribution is 2.23. The molecular formula is C12H18N2O5S. The summed E-state index contributed by atoms with van der Waals surface area (Å²) in [5.74, 6) is 0. The van der Waals surface area contributed by atoms with Crippen LogP contribution in [0.25, 0.3) is 0 Å². The van der Waals surface area contributed by atoms with Gasteiger partial charge in [0.1, 0.15) is 0 Å². The van der Waals surface area contributed by atoms with Crippen molar-refractivity contribution in [2.75, 3.05) is 13.6 Å². The topological polar surface area (TPSA) is 101 Å². The van der Waals surface area contributed by atoms with Crippen LogP contribution >= 0.6 is 0 Å². The van der Waals surface area contributed by atoms with Crippen LogP contribution in [0.3, 0.4) is 0 Å². The van der Waals surface area contributed by atoms with Gasteiger partial charge in [-0.25, -0.2) is 12.7 Å². The largest absolute Gasteiger partial charge is 0.393 e. The van der Waals surface area contributed by atoms with Crippen molar-refractivity contribution >= 4 is 15.7 Å². The quantitative estimate of drug-likeness (QED) is 0.630. The van der Waals surface area contributed by atoms with Gasteiger partial charge in [0.2, 0.25) is 10.0 Å². The molecule has 1 unspecified atom stereocenters. The molecule has 1 aromatic rings. The van der Waals surface area contributed by atoms with E-state index >= 15 is 0 Å². The van der Waals surface area contributed by atoms with E-state index in [0.717, 1.165) is 4.31 Å². The Morgan fingerprint density at radius 2 is 2.05 bits per heavy atom. The minimum atomic E-state index is -3.71. The van der Waals surface area contributed by atoms with Crippen molar-refractivity contribution < 1.29 is 18.4 Å². The predicted octanol–water partition coefficient (Wildman–Crippen LogP) is 1.29. The molecule has 1 atom stereocenters. The maximum absolute atomic E-state index is 12.3. The van der Waals surface area contributed by atoms with Crippen molar-refractivity contribution in [3.05, 3.63) is 33.9 Å². The smallest absolute Gasteiger partial charge is 0.269 e. The lowest BCUT2D eigenvalue weighted by Gasteiger charge is -2.19. The SMILES string of the molecule is Cc1cc([N+](=O)[O-])ccc1S(=O)(=O)N(C)CCC(C)O. The van der Waals surface area contributed by atoms with E-state index < -0.39 is 21.1 Å². The molecule has 112 valence electrons. The molecule has 1 rings (SSSR count). The Morgan fingerprint density at radius 3 is 2.50 bits per heavy atom. The second-order valence-corrected chi connectivity index (χ2v) is 6.68. The van der Waals surface area contributed by atoms with Gasteiger partial charge >= 0.3 is 0 Å². The standard InChI is InChI=1S/C12H18N2O5S/c1-9-8-11(14(16)17)4-5-12(9)20(18,19)13(3)7-6-10(2)15/h4-5,8,10,15H,6-7H2,1-3H3. The predicted molar refractivity (Wildman–Crippen MR) is 73.9 cm³/mol. The Kier molecular flexibility index (Phi) is 5.21. The van der Waals surface area contributed by atoms with Crippen LogP contribution in [0.15, 0.2) is 23.1 Å². The van der Waals surface area contributed by atoms with E-state index in [2.05, 4.69) is 0 Å². The zero-order valence-corrected chi connectivity index (χ0v) is 12.4. The number of sulfonamides is 1. The number of rotatable bonds is 6. The molecule has 0 heterocycles. The molecule has 0 aliphatic carbocycles. The number of non-ortho nitro benzene ring substituents is 1. The summed E-state index contributed by atoms with van der Waals surface area (Å²) in [4.78, 5) is 10.1. The van der Waals surface area contributed by atoms with Gasteiger partial charge < -0.3 is 5.11 Å². The van der Waals surface area contributed by atoms with E-state index in [9.17, 15) is 23.6 Å². The van der Waals surface area contributed by atoms with Crippen molar-refractivity contribution in [2.24, 2.45) is 0 Å². The third kappa shape index (κ3) is 3.75. The highest BCUT2D eigenvalue weighted by atomic mass is 32.2. The highest BCUT2D eigenvalue weighted by molar-refractivity contribution is 7.89. The van der Waals surface area contributed by atoms with Gasteiger partial charge in [0.25, 0.3) is 5.69 Å². The van der Waals surface area contributed by atoms with Gasteiger partial charge in [0, 0.05) is 25.7 Å². The first-order chi connectivity index (χ1) is 9.16. The number of aliphatic hydroxyl groups excluding tert-OH is 1. The van der Waals surface area contributed by atoms with Crippen LogP contribution in [0.5, 0.6) is 0 Å². The van der Waals surface area contributed by atoms with Crippen molar-refractivity contribution in [2.45, 2.75) is 31.3 Å². The Hall–Kier alpha value is -1.51. The molecule has 0 spiro atoms. The molecule has 1 N–H and O–H groups in total. The van der Waals surface area contributed by atoms with E-state index in [-0.39, 0.29) is 17.1 Å². The number of benzene rings is 1. The van der Waals surface area contributed by atoms with Gasteiger partial charge in [0.15, 0.2) is 0 Å². The summed E-state index contributed by atoms with van der Waals surface area (Å²) in [6.07, 6.45) is -0.271. The maximum atomic E-state index is 12.3. The molecule has 20 heavy (non-hydrogen) atoms. The third-order valence-electron chi connectivity index (χ3n) is 2.92. The van der Waals surface area contributed by atoms with Gasteiger partial charge in [-0.1, -0.05) is 0 Å².